The number of nitrogens with zero attached hydrogens (tertiary/aromatic N) is 3. The van der Waals surface area contributed by atoms with Crippen molar-refractivity contribution in [1.29, 1.82) is 0 Å². The van der Waals surface area contributed by atoms with E-state index in [9.17, 15) is 32.3 Å². The molecule has 1 aliphatic heterocycles. The number of rotatable bonds is 7. The highest BCUT2D eigenvalue weighted by atomic mass is 19.4. The minimum atomic E-state index is -4.96. The molecular formula is C26H26F4N4O4. The van der Waals surface area contributed by atoms with Gasteiger partial charge in [0.2, 0.25) is 0 Å². The van der Waals surface area contributed by atoms with E-state index in [1.807, 2.05) is 26.0 Å². The SMILES string of the molecule is Cc1cc(-n2ccnc(Nc3ccc(OC(F)(F)F)cc3F)c2=O)cc(C)c1CN1CCC(C(=O)O)CC1. The van der Waals surface area contributed by atoms with E-state index in [-0.39, 0.29) is 17.4 Å². The maximum absolute atomic E-state index is 14.4. The van der Waals surface area contributed by atoms with Gasteiger partial charge in [-0.25, -0.2) is 9.37 Å². The predicted octanol–water partition coefficient (Wildman–Crippen LogP) is 4.93. The Kier molecular flexibility index (Phi) is 7.72. The first-order chi connectivity index (χ1) is 17.9. The Bertz CT molecular complexity index is 1380. The summed E-state index contributed by atoms with van der Waals surface area (Å²) in [5, 5.41) is 11.8. The van der Waals surface area contributed by atoms with Crippen LogP contribution < -0.4 is 15.6 Å². The molecule has 0 bridgehead atoms. The number of carboxylic acids is 1. The molecule has 0 aliphatic carbocycles. The molecular weight excluding hydrogens is 508 g/mol. The van der Waals surface area contributed by atoms with Gasteiger partial charge in [-0.3, -0.25) is 19.1 Å². The lowest BCUT2D eigenvalue weighted by molar-refractivity contribution is -0.274. The largest absolute Gasteiger partial charge is 0.573 e. The van der Waals surface area contributed by atoms with Gasteiger partial charge in [-0.1, -0.05) is 0 Å². The number of halogens is 4. The van der Waals surface area contributed by atoms with E-state index < -0.39 is 29.5 Å². The lowest BCUT2D eigenvalue weighted by atomic mass is 9.95. The Balaban J connectivity index is 1.53. The van der Waals surface area contributed by atoms with Gasteiger partial charge in [0.05, 0.1) is 11.6 Å². The molecule has 202 valence electrons. The molecule has 2 N–H and O–H groups in total. The molecule has 4 rings (SSSR count). The van der Waals surface area contributed by atoms with Gasteiger partial charge in [-0.2, -0.15) is 0 Å². The Morgan fingerprint density at radius 2 is 1.82 bits per heavy atom. The highest BCUT2D eigenvalue weighted by Crippen LogP contribution is 2.28. The number of ether oxygens (including phenoxy) is 1. The molecule has 0 atom stereocenters. The molecule has 0 amide bonds. The molecule has 2 heterocycles. The van der Waals surface area contributed by atoms with Crippen molar-refractivity contribution in [1.82, 2.24) is 14.5 Å². The molecule has 0 radical (unpaired) electrons. The smallest absolute Gasteiger partial charge is 0.481 e. The lowest BCUT2D eigenvalue weighted by Crippen LogP contribution is -2.36. The van der Waals surface area contributed by atoms with Gasteiger partial charge in [0.25, 0.3) is 5.56 Å². The van der Waals surface area contributed by atoms with Gasteiger partial charge >= 0.3 is 12.3 Å². The summed E-state index contributed by atoms with van der Waals surface area (Å²) < 4.78 is 56.6. The number of likely N-dealkylation sites (tertiary alicyclic amines) is 1. The summed E-state index contributed by atoms with van der Waals surface area (Å²) in [6.07, 6.45) is -0.930. The van der Waals surface area contributed by atoms with Crippen LogP contribution in [0, 0.1) is 25.6 Å². The van der Waals surface area contributed by atoms with Crippen molar-refractivity contribution in [3.8, 4) is 11.4 Å². The van der Waals surface area contributed by atoms with Crippen LogP contribution in [-0.2, 0) is 11.3 Å². The first-order valence-corrected chi connectivity index (χ1v) is 11.9. The van der Waals surface area contributed by atoms with Crippen molar-refractivity contribution >= 4 is 17.5 Å². The summed E-state index contributed by atoms with van der Waals surface area (Å²) in [4.78, 5) is 30.5. The van der Waals surface area contributed by atoms with E-state index in [1.165, 1.54) is 17.0 Å². The fraction of sp³-hybridized carbons (Fsp3) is 0.346. The molecule has 12 heteroatoms. The van der Waals surface area contributed by atoms with Crippen molar-refractivity contribution in [2.24, 2.45) is 5.92 Å². The zero-order valence-electron chi connectivity index (χ0n) is 20.7. The van der Waals surface area contributed by atoms with E-state index in [0.717, 1.165) is 28.8 Å². The number of hydrogen-bond acceptors (Lipinski definition) is 6. The van der Waals surface area contributed by atoms with E-state index in [4.69, 9.17) is 0 Å². The number of carbonyl (C=O) groups is 1. The number of carboxylic acid groups (broad SMARTS) is 1. The Hall–Kier alpha value is -3.93. The minimum absolute atomic E-state index is 0.212. The first-order valence-electron chi connectivity index (χ1n) is 11.9. The topological polar surface area (TPSA) is 96.7 Å². The number of anilines is 2. The molecule has 1 fully saturated rings. The van der Waals surface area contributed by atoms with E-state index >= 15 is 0 Å². The number of aliphatic carboxylic acids is 1. The van der Waals surface area contributed by atoms with E-state index in [0.29, 0.717) is 44.2 Å². The van der Waals surface area contributed by atoms with Crippen LogP contribution in [0.1, 0.15) is 29.5 Å². The van der Waals surface area contributed by atoms with Gasteiger partial charge < -0.3 is 15.2 Å². The zero-order chi connectivity index (χ0) is 27.6. The third kappa shape index (κ3) is 6.31. The van der Waals surface area contributed by atoms with Crippen LogP contribution in [-0.4, -0.2) is 45.0 Å². The van der Waals surface area contributed by atoms with E-state index in [2.05, 4.69) is 19.9 Å². The fourth-order valence-electron chi connectivity index (χ4n) is 4.54. The Labute approximate surface area is 215 Å². The second-order valence-electron chi connectivity index (χ2n) is 9.21. The van der Waals surface area contributed by atoms with Crippen molar-refractivity contribution in [3.05, 3.63) is 75.6 Å². The van der Waals surface area contributed by atoms with Gasteiger partial charge in [-0.05, 0) is 80.7 Å². The maximum atomic E-state index is 14.4. The Morgan fingerprint density at radius 3 is 2.39 bits per heavy atom. The molecule has 0 spiro atoms. The van der Waals surface area contributed by atoms with E-state index in [1.54, 1.807) is 0 Å². The number of nitrogens with one attached hydrogen (secondary N) is 1. The summed E-state index contributed by atoms with van der Waals surface area (Å²) in [6, 6.07) is 6.21. The molecule has 8 nitrogen and oxygen atoms in total. The number of hydrogen-bond donors (Lipinski definition) is 2. The molecule has 3 aromatic rings. The standard InChI is InChI=1S/C26H26F4N4O4/c1-15-11-18(12-16(2)20(15)14-33-8-5-17(6-9-33)25(36)37)34-10-7-31-23(24(34)35)32-22-4-3-19(13-21(22)27)38-26(28,29)30/h3-4,7,10-13,17H,5-6,8-9,14H2,1-2H3,(H,31,32)(H,36,37). The van der Waals surface area contributed by atoms with Crippen molar-refractivity contribution in [2.45, 2.75) is 39.6 Å². The summed E-state index contributed by atoms with van der Waals surface area (Å²) >= 11 is 0. The number of alkyl halides is 3. The van der Waals surface area contributed by atoms with Crippen LogP contribution in [0.4, 0.5) is 29.1 Å². The van der Waals surface area contributed by atoms with Crippen LogP contribution in [0.2, 0.25) is 0 Å². The number of aromatic nitrogens is 2. The highest BCUT2D eigenvalue weighted by molar-refractivity contribution is 5.70. The third-order valence-electron chi connectivity index (χ3n) is 6.55. The van der Waals surface area contributed by atoms with Gasteiger partial charge in [-0.15, -0.1) is 13.2 Å². The van der Waals surface area contributed by atoms with Crippen molar-refractivity contribution in [2.75, 3.05) is 18.4 Å². The van der Waals surface area contributed by atoms with Crippen molar-refractivity contribution in [3.63, 3.8) is 0 Å². The summed E-state index contributed by atoms with van der Waals surface area (Å²) in [5.41, 5.74) is 2.74. The molecule has 38 heavy (non-hydrogen) atoms. The average Bonchev–Trinajstić information content (AvgIpc) is 2.83. The summed E-state index contributed by atoms with van der Waals surface area (Å²) in [5.74, 6) is -3.05. The van der Waals surface area contributed by atoms with Gasteiger partial charge in [0.15, 0.2) is 5.82 Å². The summed E-state index contributed by atoms with van der Waals surface area (Å²) in [6.45, 7) is 5.91. The maximum Gasteiger partial charge on any atom is 0.573 e. The van der Waals surface area contributed by atoms with Crippen LogP contribution in [0.5, 0.6) is 5.75 Å². The number of piperidine rings is 1. The fourth-order valence-corrected chi connectivity index (χ4v) is 4.54. The predicted molar refractivity (Wildman–Crippen MR) is 131 cm³/mol. The van der Waals surface area contributed by atoms with Crippen LogP contribution in [0.15, 0.2) is 47.5 Å². The second-order valence-corrected chi connectivity index (χ2v) is 9.21. The van der Waals surface area contributed by atoms with Crippen LogP contribution >= 0.6 is 0 Å². The van der Waals surface area contributed by atoms with Gasteiger partial charge in [0.1, 0.15) is 11.6 Å². The summed E-state index contributed by atoms with van der Waals surface area (Å²) in [7, 11) is 0. The minimum Gasteiger partial charge on any atom is -0.481 e. The molecule has 1 saturated heterocycles. The quantitative estimate of drug-likeness (QED) is 0.415. The Morgan fingerprint density at radius 1 is 1.16 bits per heavy atom. The lowest BCUT2D eigenvalue weighted by Gasteiger charge is -2.31. The van der Waals surface area contributed by atoms with Crippen LogP contribution in [0.3, 0.4) is 0 Å². The van der Waals surface area contributed by atoms with Crippen molar-refractivity contribution < 1.29 is 32.2 Å². The monoisotopic (exact) mass is 534 g/mol. The molecule has 0 unspecified atom stereocenters. The highest BCUT2D eigenvalue weighted by Gasteiger charge is 2.31. The molecule has 1 aromatic heterocycles. The molecule has 2 aromatic carbocycles. The molecule has 0 saturated carbocycles. The number of benzene rings is 2. The number of aryl methyl sites for hydroxylation is 2. The van der Waals surface area contributed by atoms with Crippen LogP contribution in [0.25, 0.3) is 5.69 Å². The second kappa shape index (κ2) is 10.8. The normalized spacial score (nSPS) is 14.9. The first kappa shape index (κ1) is 27.1. The average molecular weight is 535 g/mol. The van der Waals surface area contributed by atoms with Gasteiger partial charge in [0, 0.05) is 30.7 Å². The zero-order valence-corrected chi connectivity index (χ0v) is 20.7. The molecule has 1 aliphatic rings. The third-order valence-corrected chi connectivity index (χ3v) is 6.55.